The molecule has 8 N–H and O–H groups in total. The fourth-order valence-electron chi connectivity index (χ4n) is 28.8. The van der Waals surface area contributed by atoms with Crippen LogP contribution in [0.15, 0.2) is 46.6 Å². The van der Waals surface area contributed by atoms with E-state index in [1.807, 2.05) is 20.8 Å². The molecule has 721 valence electrons. The molecule has 128 heavy (non-hydrogen) atoms. The Morgan fingerprint density at radius 2 is 0.695 bits per heavy atom. The Kier molecular flexibility index (Phi) is 46.8. The first-order chi connectivity index (χ1) is 55.6. The Hall–Kier alpha value is -0.644. The summed E-state index contributed by atoms with van der Waals surface area (Å²) in [6.07, 6.45) is 19.7. The SMILES string of the molecule is C.C.C.C.CC(=O)O[C@H]1CC[C@@]2(C)C(=CCC3C2[C@@H](OC(C)=O)C[C@@]2(C)C3C[C@@H](OC(C)=O)[C@@H]2O)C1.CC(=O)O[C@H]1CC[C@@]2(C)C(=CCC3C2[C@@H](OC(C)=O)C[C@]2(C)C(=O)[C@H](OC(C)=O)CC32)C1.CC(=O)O[C@H]1C[C@]2(C)C(=O)[C@H](O)CC2C2CC=C3C[C@@H](O)CC[C@]3(C)C21.CO.C[C@]12CC[C@H](O)CC1=CCC1C2[C@@H](O)C[C@@]2(C)C1C[C@@H](O)[C@@H]2O.[B].[Br-].[CH3-].[H-].[I][V]([I])[I].[Mg+2].[Na+]. The van der Waals surface area contributed by atoms with Gasteiger partial charge in [-0.25, -0.2) is 0 Å². The van der Waals surface area contributed by atoms with Gasteiger partial charge < -0.3 is 99.8 Å². The van der Waals surface area contributed by atoms with Crippen molar-refractivity contribution in [1.29, 1.82) is 0 Å². The van der Waals surface area contributed by atoms with Gasteiger partial charge in [-0.15, -0.1) is 0 Å². The van der Waals surface area contributed by atoms with Crippen LogP contribution in [0.4, 0.5) is 0 Å². The molecule has 0 amide bonds. The number of ether oxygens (including phenoxy) is 7. The fraction of sp³-hybridized carbons (Fsp3) is 0.812. The van der Waals surface area contributed by atoms with Crippen LogP contribution in [0.5, 0.6) is 0 Å². The monoisotopic (exact) mass is 2260 g/mol. The van der Waals surface area contributed by atoms with Crippen LogP contribution in [0, 0.1) is 122 Å². The van der Waals surface area contributed by atoms with E-state index in [9.17, 15) is 78.9 Å². The van der Waals surface area contributed by atoms with Crippen molar-refractivity contribution in [3.63, 3.8) is 0 Å². The standard InChI is InChI=1S/C25H36O7.C25H34O7.C21H30O5.C19H30O4.CH4O.4CH4.CH3.B.BrH.3HI.Mg.Na.V.H/c2*1-13(26)30-17-8-9-24(4)16(10-17)6-7-18-19-11-20(31-14(2)27)23(29)25(19,5)12-21(22(18)24)32-15(3)28;1-11(22)26-17-10-21(3)15(9-16(24)19(21)25)14-5-4-12-8-13(23)6-7-20(12,2)18(14)17;1-18-6-5-11(20)7-10(18)3-4-12-13-8-14(21)17(23)19(13,2)9-15(22)16(12)18;1-2;;;;;;;;;;;;;;/h6,17-23,29H,7-12H2,1-5H3;6,17-22H,7-12H2,1-5H3;4,13-18,23-24H,5-10H2,1-3H3;3,11-17,20-23H,4-9H2,1-2H3;2H,1H3;4*1H4;1H3;;4*1H;;;;/q;;;;;;;;;-1;;;;;;+2;+1;+3;-1/p-4/t17-,18?,19?,20+,21-,22?,23-,24-,25-;17-,18?,19?,20+,21-,22?,24-,25-;13-,14?,15?,16+,17-,18?,20-,21-;11-,12?,13?,14+,15-,16?,17-,18-,19-;;;;;;;;;;;;;;;/m0000.............../s1. The quantitative estimate of drug-likeness (QED) is 0.0293. The number of hydrogen-bond donors (Lipinski definition) is 8. The number of allylic oxidation sites excluding steroid dienone is 4. The van der Waals surface area contributed by atoms with Crippen LogP contribution in [-0.2, 0) is 81.2 Å². The zero-order valence-corrected chi connectivity index (χ0v) is 89.0. The summed E-state index contributed by atoms with van der Waals surface area (Å²) in [7, 11) is 1.00. The fourth-order valence-corrected chi connectivity index (χ4v) is 28.8. The van der Waals surface area contributed by atoms with E-state index in [0.717, 1.165) is 90.6 Å². The number of ketones is 2. The third-order valence-corrected chi connectivity index (χ3v) is 33.6. The molecule has 0 aromatic heterocycles. The molecule has 0 aromatic carbocycles. The van der Waals surface area contributed by atoms with E-state index in [1.54, 1.807) is 0 Å². The van der Waals surface area contributed by atoms with Crippen molar-refractivity contribution in [2.24, 2.45) is 114 Å². The average Bonchev–Trinajstić information content (AvgIpc) is 1.46. The Bertz CT molecular complexity index is 4000. The van der Waals surface area contributed by atoms with Crippen LogP contribution in [0.2, 0.25) is 0 Å². The number of carbonyl (C=O) groups excluding carboxylic acids is 9. The molecule has 12 unspecified atom stereocenters. The number of aliphatic hydroxyl groups excluding tert-OH is 8. The summed E-state index contributed by atoms with van der Waals surface area (Å²) in [5.41, 5.74) is 2.48. The van der Waals surface area contributed by atoms with E-state index in [0.29, 0.717) is 76.5 Å². The molecule has 24 nitrogen and oxygen atoms in total. The van der Waals surface area contributed by atoms with E-state index in [1.165, 1.54) is 70.8 Å². The molecule has 16 rings (SSSR count). The maximum absolute atomic E-state index is 13.3. The summed E-state index contributed by atoms with van der Waals surface area (Å²) in [6.45, 7) is 26.9. The number of hydrogen-bond acceptors (Lipinski definition) is 24. The molecule has 0 heterocycles. The summed E-state index contributed by atoms with van der Waals surface area (Å²) >= 11 is 7.39. The van der Waals surface area contributed by atoms with Crippen molar-refractivity contribution in [2.45, 2.75) is 373 Å². The van der Waals surface area contributed by atoms with Crippen LogP contribution in [0.3, 0.4) is 0 Å². The minimum Gasteiger partial charge on any atom is 1.00 e. The third-order valence-electron chi connectivity index (χ3n) is 33.6. The van der Waals surface area contributed by atoms with Gasteiger partial charge in [0.2, 0.25) is 0 Å². The second-order valence-electron chi connectivity index (χ2n) is 40.2. The van der Waals surface area contributed by atoms with Gasteiger partial charge in [0.25, 0.3) is 0 Å². The Labute approximate surface area is 854 Å². The second kappa shape index (κ2) is 48.5. The molecule has 16 aliphatic rings. The van der Waals surface area contributed by atoms with Gasteiger partial charge in [0.05, 0.1) is 36.6 Å². The minimum absolute atomic E-state index is 0. The number of carbonyl (C=O) groups is 9. The summed E-state index contributed by atoms with van der Waals surface area (Å²) in [4.78, 5) is 108. The minimum atomic E-state index is -0.895. The topological polar surface area (TPSA) is 380 Å². The smallest absolute Gasteiger partial charge is 1.00 e. The van der Waals surface area contributed by atoms with E-state index in [-0.39, 0.29) is 304 Å². The molecule has 12 fully saturated rings. The van der Waals surface area contributed by atoms with E-state index in [4.69, 9.17) is 38.3 Å². The van der Waals surface area contributed by atoms with Gasteiger partial charge in [0.1, 0.15) is 42.7 Å². The van der Waals surface area contributed by atoms with E-state index < -0.39 is 64.9 Å². The first kappa shape index (κ1) is 123. The summed E-state index contributed by atoms with van der Waals surface area (Å²) in [5, 5.41) is 80.3. The molecular weight excluding hydrogens is 2110 g/mol. The van der Waals surface area contributed by atoms with Gasteiger partial charge in [0, 0.05) is 116 Å². The normalized spacial score (nSPS) is 43.0. The zero-order valence-electron chi connectivity index (χ0n) is 77.1. The number of rotatable bonds is 7. The first-order valence-electron chi connectivity index (χ1n) is 43.6. The van der Waals surface area contributed by atoms with Crippen LogP contribution in [-0.4, -0.2) is 218 Å². The molecule has 34 atom stereocenters. The van der Waals surface area contributed by atoms with Crippen molar-refractivity contribution < 1.29 is 170 Å². The Morgan fingerprint density at radius 1 is 0.391 bits per heavy atom. The van der Waals surface area contributed by atoms with Gasteiger partial charge in [0.15, 0.2) is 17.7 Å². The number of Topliss-reactive ketones (excluding diaryl/α,β-unsaturated/α-hetero) is 2. The molecule has 16 aliphatic carbocycles. The predicted octanol–water partition coefficient (Wildman–Crippen LogP) is 9.48. The molecule has 12 saturated carbocycles. The molecule has 0 aliphatic heterocycles. The maximum atomic E-state index is 13.3. The Balaban J connectivity index is 0.000000826. The predicted molar refractivity (Wildman–Crippen MR) is 507 cm³/mol. The number of fused-ring (bicyclic) bond motifs is 20. The van der Waals surface area contributed by atoms with Crippen molar-refractivity contribution in [3.05, 3.63) is 54.0 Å². The zero-order chi connectivity index (χ0) is 87.8. The molecule has 0 saturated heterocycles. The van der Waals surface area contributed by atoms with E-state index in [2.05, 4.69) is 119 Å². The summed E-state index contributed by atoms with van der Waals surface area (Å²) in [5.74, 6) is -0.375. The second-order valence-corrected chi connectivity index (χ2v) is 75.6. The molecular formula is C96H154BBrI3MgNaO24V. The maximum Gasteiger partial charge on any atom is 2.00 e. The Morgan fingerprint density at radius 3 is 1.08 bits per heavy atom. The van der Waals surface area contributed by atoms with Gasteiger partial charge in [-0.05, 0) is 216 Å². The van der Waals surface area contributed by atoms with Gasteiger partial charge in [-0.1, -0.05) is 132 Å². The number of esters is 7. The number of aliphatic hydroxyl groups is 8. The third kappa shape index (κ3) is 24.1. The first-order valence-corrected chi connectivity index (χ1v) is 57.2. The molecule has 0 bridgehead atoms. The number of halogens is 4. The van der Waals surface area contributed by atoms with Crippen LogP contribution < -0.4 is 46.5 Å². The van der Waals surface area contributed by atoms with Crippen molar-refractivity contribution in [1.82, 2.24) is 0 Å². The molecule has 0 aromatic rings. The summed E-state index contributed by atoms with van der Waals surface area (Å²) in [6, 6.07) is 0. The van der Waals surface area contributed by atoms with Crippen molar-refractivity contribution in [2.75, 3.05) is 7.11 Å². The van der Waals surface area contributed by atoms with Crippen molar-refractivity contribution >= 4 is 145 Å². The van der Waals surface area contributed by atoms with Gasteiger partial charge in [-0.2, -0.15) is 0 Å². The van der Waals surface area contributed by atoms with Crippen LogP contribution in [0.25, 0.3) is 0 Å². The molecule has 32 heteroatoms. The van der Waals surface area contributed by atoms with Gasteiger partial charge >= 0.3 is 159 Å². The summed E-state index contributed by atoms with van der Waals surface area (Å²) < 4.78 is 39.5. The van der Waals surface area contributed by atoms with Gasteiger partial charge in [-0.3, -0.25) is 43.2 Å². The van der Waals surface area contributed by atoms with E-state index >= 15 is 0 Å². The molecule has 0 spiro atoms. The van der Waals surface area contributed by atoms with Crippen LogP contribution in [0.1, 0.15) is 289 Å². The van der Waals surface area contributed by atoms with Crippen LogP contribution >= 0.6 is 59.9 Å². The molecule has 3 radical (unpaired) electrons. The van der Waals surface area contributed by atoms with Crippen molar-refractivity contribution in [3.8, 4) is 0 Å². The largest absolute Gasteiger partial charge is 2.00 e. The average molecular weight is 2260 g/mol.